The van der Waals surface area contributed by atoms with Crippen molar-refractivity contribution < 1.29 is 28.5 Å². The Balaban J connectivity index is 0.00000529. The molecular formula is C20H34INS2. The van der Waals surface area contributed by atoms with E-state index in [1.807, 2.05) is 0 Å². The number of pyridine rings is 1. The second-order valence-corrected chi connectivity index (χ2v) is 8.55. The van der Waals surface area contributed by atoms with Gasteiger partial charge in [0.05, 0.1) is 0 Å². The number of aromatic nitrogens is 1. The first-order chi connectivity index (χ1) is 11.3. The van der Waals surface area contributed by atoms with Crippen LogP contribution in [-0.4, -0.2) is 11.5 Å². The van der Waals surface area contributed by atoms with Crippen LogP contribution in [0.1, 0.15) is 70.9 Å². The maximum Gasteiger partial charge on any atom is 0.206 e. The van der Waals surface area contributed by atoms with Gasteiger partial charge in [-0.3, -0.25) is 0 Å². The van der Waals surface area contributed by atoms with Crippen molar-refractivity contribution in [3.63, 3.8) is 0 Å². The third kappa shape index (κ3) is 11.8. The van der Waals surface area contributed by atoms with Crippen LogP contribution in [0.15, 0.2) is 28.6 Å². The lowest BCUT2D eigenvalue weighted by Crippen LogP contribution is -3.00. The number of nitrogens with zero attached hydrogens (tertiary/aromatic N) is 1. The third-order valence-corrected chi connectivity index (χ3v) is 6.34. The maximum absolute atomic E-state index is 2.37. The van der Waals surface area contributed by atoms with Crippen LogP contribution < -0.4 is 28.5 Å². The molecule has 1 aromatic heterocycles. The van der Waals surface area contributed by atoms with Crippen molar-refractivity contribution in [3.8, 4) is 0 Å². The van der Waals surface area contributed by atoms with Gasteiger partial charge >= 0.3 is 0 Å². The number of rotatable bonds is 13. The van der Waals surface area contributed by atoms with Crippen molar-refractivity contribution >= 4 is 29.6 Å². The predicted octanol–water partition coefficient (Wildman–Crippen LogP) is 3.44. The van der Waals surface area contributed by atoms with E-state index in [1.54, 1.807) is 0 Å². The van der Waals surface area contributed by atoms with Crippen LogP contribution in [0.2, 0.25) is 0 Å². The van der Waals surface area contributed by atoms with Gasteiger partial charge in [0.2, 0.25) is 5.69 Å². The third-order valence-electron chi connectivity index (χ3n) is 3.85. The fourth-order valence-corrected chi connectivity index (χ4v) is 4.68. The first kappa shape index (κ1) is 24.3. The Morgan fingerprint density at radius 2 is 1.50 bits per heavy atom. The zero-order chi connectivity index (χ0) is 16.8. The number of aryl methyl sites for hydroxylation is 1. The molecule has 1 nitrogen and oxygen atoms in total. The summed E-state index contributed by atoms with van der Waals surface area (Å²) in [7, 11) is 2.13. The normalized spacial score (nSPS) is 10.3. The average Bonchev–Trinajstić information content (AvgIpc) is 2.56. The Kier molecular flexibility index (Phi) is 17.0. The molecule has 0 atom stereocenters. The van der Waals surface area contributed by atoms with E-state index >= 15 is 0 Å². The number of thioether (sulfide) groups is 2. The number of halogens is 1. The SMILES string of the molecule is CCCCCCSC(=Cc1cccc[n+]1C)SCCCCCC.[I-]. The quantitative estimate of drug-likeness (QED) is 0.243. The van der Waals surface area contributed by atoms with E-state index < -0.39 is 0 Å². The molecule has 0 amide bonds. The molecule has 0 spiro atoms. The molecule has 0 fully saturated rings. The standard InChI is InChI=1S/C20H34NS2.HI/c1-4-6-8-12-16-22-20(23-17-13-9-7-5-2)18-19-14-10-11-15-21(19)3;/h10-11,14-15,18H,4-9,12-13,16-17H2,1-3H3;1H/q+1;/p-1. The highest BCUT2D eigenvalue weighted by atomic mass is 127. The molecule has 0 aliphatic carbocycles. The van der Waals surface area contributed by atoms with Gasteiger partial charge in [-0.05, 0) is 30.4 Å². The van der Waals surface area contributed by atoms with Gasteiger partial charge in [-0.25, -0.2) is 4.57 Å². The molecule has 0 bridgehead atoms. The molecule has 4 heteroatoms. The minimum Gasteiger partial charge on any atom is -1.00 e. The average molecular weight is 480 g/mol. The topological polar surface area (TPSA) is 3.88 Å². The first-order valence-corrected chi connectivity index (χ1v) is 11.2. The summed E-state index contributed by atoms with van der Waals surface area (Å²) in [5.74, 6) is 2.51. The molecule has 1 aromatic rings. The Hall–Kier alpha value is 0.320. The van der Waals surface area contributed by atoms with Gasteiger partial charge in [-0.2, -0.15) is 0 Å². The summed E-state index contributed by atoms with van der Waals surface area (Å²) in [5, 5.41) is 0. The summed E-state index contributed by atoms with van der Waals surface area (Å²) in [4.78, 5) is 0. The van der Waals surface area contributed by atoms with Gasteiger partial charge in [0.25, 0.3) is 0 Å². The second kappa shape index (κ2) is 16.8. The van der Waals surface area contributed by atoms with Crippen molar-refractivity contribution in [1.29, 1.82) is 0 Å². The molecule has 0 aromatic carbocycles. The Bertz CT molecular complexity index is 433. The first-order valence-electron chi connectivity index (χ1n) is 9.19. The zero-order valence-electron chi connectivity index (χ0n) is 15.6. The lowest BCUT2D eigenvalue weighted by Gasteiger charge is -2.07. The Morgan fingerprint density at radius 1 is 0.917 bits per heavy atom. The molecule has 0 radical (unpaired) electrons. The summed E-state index contributed by atoms with van der Waals surface area (Å²) >= 11 is 4.10. The molecule has 1 heterocycles. The largest absolute Gasteiger partial charge is 1.00 e. The number of hydrogen-bond acceptors (Lipinski definition) is 2. The Morgan fingerprint density at radius 3 is 2.00 bits per heavy atom. The zero-order valence-corrected chi connectivity index (χ0v) is 19.4. The molecule has 138 valence electrons. The van der Waals surface area contributed by atoms with Crippen molar-refractivity contribution in [2.75, 3.05) is 11.5 Å². The molecule has 0 aliphatic rings. The van der Waals surface area contributed by atoms with Crippen molar-refractivity contribution in [3.05, 3.63) is 34.3 Å². The van der Waals surface area contributed by atoms with Gasteiger partial charge in [0.15, 0.2) is 6.20 Å². The minimum absolute atomic E-state index is 0. The summed E-state index contributed by atoms with van der Waals surface area (Å²) in [5.41, 5.74) is 1.30. The van der Waals surface area contributed by atoms with Crippen molar-refractivity contribution in [1.82, 2.24) is 0 Å². The molecule has 0 saturated carbocycles. The number of unbranched alkanes of at least 4 members (excludes halogenated alkanes) is 6. The molecular weight excluding hydrogens is 445 g/mol. The van der Waals surface area contributed by atoms with Crippen LogP contribution in [0, 0.1) is 0 Å². The van der Waals surface area contributed by atoms with Crippen LogP contribution >= 0.6 is 23.5 Å². The fourth-order valence-electron chi connectivity index (χ4n) is 2.34. The fraction of sp³-hybridized carbons (Fsp3) is 0.650. The van der Waals surface area contributed by atoms with E-state index in [4.69, 9.17) is 0 Å². The maximum atomic E-state index is 2.37. The van der Waals surface area contributed by atoms with Crippen LogP contribution in [0.25, 0.3) is 6.08 Å². The van der Waals surface area contributed by atoms with Crippen LogP contribution in [-0.2, 0) is 7.05 Å². The summed E-state index contributed by atoms with van der Waals surface area (Å²) < 4.78 is 3.69. The summed E-state index contributed by atoms with van der Waals surface area (Å²) in [6.45, 7) is 4.56. The van der Waals surface area contributed by atoms with Crippen LogP contribution in [0.4, 0.5) is 0 Å². The smallest absolute Gasteiger partial charge is 0.206 e. The molecule has 0 aliphatic heterocycles. The van der Waals surface area contributed by atoms with Crippen molar-refractivity contribution in [2.24, 2.45) is 7.05 Å². The van der Waals surface area contributed by atoms with E-state index in [0.29, 0.717) is 0 Å². The van der Waals surface area contributed by atoms with E-state index in [9.17, 15) is 0 Å². The highest BCUT2D eigenvalue weighted by Crippen LogP contribution is 2.32. The highest BCUT2D eigenvalue weighted by Gasteiger charge is 2.06. The lowest BCUT2D eigenvalue weighted by atomic mass is 10.2. The van der Waals surface area contributed by atoms with Gasteiger partial charge < -0.3 is 24.0 Å². The minimum atomic E-state index is 0. The predicted molar refractivity (Wildman–Crippen MR) is 109 cm³/mol. The van der Waals surface area contributed by atoms with E-state index in [0.717, 1.165) is 0 Å². The number of hydrogen-bond donors (Lipinski definition) is 0. The summed E-state index contributed by atoms with van der Waals surface area (Å²) in [6, 6.07) is 6.42. The monoisotopic (exact) mass is 479 g/mol. The molecule has 0 N–H and O–H groups in total. The van der Waals surface area contributed by atoms with Crippen LogP contribution in [0.5, 0.6) is 0 Å². The molecule has 1 rings (SSSR count). The van der Waals surface area contributed by atoms with E-state index in [1.165, 1.54) is 72.8 Å². The lowest BCUT2D eigenvalue weighted by molar-refractivity contribution is -0.673. The van der Waals surface area contributed by atoms with Gasteiger partial charge in [0.1, 0.15) is 7.05 Å². The Labute approximate surface area is 175 Å². The van der Waals surface area contributed by atoms with E-state index in [-0.39, 0.29) is 24.0 Å². The van der Waals surface area contributed by atoms with Gasteiger partial charge in [-0.15, -0.1) is 23.5 Å². The molecule has 24 heavy (non-hydrogen) atoms. The van der Waals surface area contributed by atoms with E-state index in [2.05, 4.69) is 79.5 Å². The molecule has 0 unspecified atom stereocenters. The highest BCUT2D eigenvalue weighted by molar-refractivity contribution is 8.22. The van der Waals surface area contributed by atoms with Gasteiger partial charge in [0, 0.05) is 22.4 Å². The van der Waals surface area contributed by atoms with Crippen LogP contribution in [0.3, 0.4) is 0 Å². The summed E-state index contributed by atoms with van der Waals surface area (Å²) in [6.07, 6.45) is 15.3. The molecule has 0 saturated heterocycles. The second-order valence-electron chi connectivity index (χ2n) is 6.02. The van der Waals surface area contributed by atoms with Crippen molar-refractivity contribution in [2.45, 2.75) is 65.2 Å². The van der Waals surface area contributed by atoms with Gasteiger partial charge in [-0.1, -0.05) is 52.4 Å².